The number of aliphatic carboxylic acids is 1. The van der Waals surface area contributed by atoms with Gasteiger partial charge in [-0.15, -0.1) is 0 Å². The molecule has 0 bridgehead atoms. The third-order valence-corrected chi connectivity index (χ3v) is 8.49. The Bertz CT molecular complexity index is 1350. The number of carboxylic acids is 1. The minimum Gasteiger partial charge on any atom is -0.481 e. The first-order chi connectivity index (χ1) is 20.4. The molecule has 3 aromatic rings. The van der Waals surface area contributed by atoms with Gasteiger partial charge in [-0.3, -0.25) is 9.59 Å². The first kappa shape index (κ1) is 29.3. The molecule has 8 nitrogen and oxygen atoms in total. The second kappa shape index (κ2) is 13.7. The second-order valence-corrected chi connectivity index (χ2v) is 11.2. The van der Waals surface area contributed by atoms with Gasteiger partial charge in [0.2, 0.25) is 5.91 Å². The summed E-state index contributed by atoms with van der Waals surface area (Å²) in [4.78, 5) is 38.3. The number of fused-ring (bicyclic) bond motifs is 3. The Morgan fingerprint density at radius 3 is 2.17 bits per heavy atom. The first-order valence-electron chi connectivity index (χ1n) is 14.7. The van der Waals surface area contributed by atoms with Crippen molar-refractivity contribution in [2.45, 2.75) is 57.3 Å². The zero-order valence-corrected chi connectivity index (χ0v) is 23.8. The second-order valence-electron chi connectivity index (χ2n) is 11.2. The van der Waals surface area contributed by atoms with Crippen LogP contribution in [0.2, 0.25) is 0 Å². The predicted octanol–water partition coefficient (Wildman–Crippen LogP) is 5.51. The van der Waals surface area contributed by atoms with Crippen LogP contribution >= 0.6 is 0 Å². The van der Waals surface area contributed by atoms with Crippen LogP contribution in [0.5, 0.6) is 0 Å². The number of hydrogen-bond acceptors (Lipinski definition) is 5. The van der Waals surface area contributed by atoms with Crippen LogP contribution < -0.4 is 10.6 Å². The maximum Gasteiger partial charge on any atom is 0.407 e. The molecule has 0 spiro atoms. The van der Waals surface area contributed by atoms with Gasteiger partial charge in [-0.05, 0) is 53.5 Å². The molecule has 2 amide bonds. The number of ether oxygens (including phenoxy) is 2. The molecule has 42 heavy (non-hydrogen) atoms. The van der Waals surface area contributed by atoms with Gasteiger partial charge in [0.05, 0.1) is 18.6 Å². The SMILES string of the molecule is CC(OCc1ccccc1)C(NC(=O)OCC1c2ccccc2-c2ccccc21)C(=O)NC[C@@H]1CCCC[C@@H]1C(=O)O. The van der Waals surface area contributed by atoms with Gasteiger partial charge in [-0.25, -0.2) is 4.79 Å². The monoisotopic (exact) mass is 570 g/mol. The molecule has 4 atom stereocenters. The van der Waals surface area contributed by atoms with E-state index in [-0.39, 0.29) is 31.6 Å². The van der Waals surface area contributed by atoms with Crippen molar-refractivity contribution in [3.8, 4) is 11.1 Å². The van der Waals surface area contributed by atoms with Crippen LogP contribution in [0.1, 0.15) is 55.2 Å². The molecule has 2 aliphatic carbocycles. The highest BCUT2D eigenvalue weighted by molar-refractivity contribution is 5.86. The van der Waals surface area contributed by atoms with Gasteiger partial charge in [-0.2, -0.15) is 0 Å². The van der Waals surface area contributed by atoms with E-state index in [1.54, 1.807) is 6.92 Å². The van der Waals surface area contributed by atoms with Gasteiger partial charge in [-0.1, -0.05) is 91.7 Å². The molecule has 5 rings (SSSR count). The smallest absolute Gasteiger partial charge is 0.407 e. The standard InChI is InChI=1S/C34H38N2O6/c1-22(41-20-23-11-3-2-4-12-23)31(32(37)35-19-24-13-5-6-14-25(24)33(38)39)36-34(40)42-21-30-28-17-9-7-15-26(28)27-16-8-10-18-29(27)30/h2-4,7-12,15-18,22,24-25,30-31H,5-6,13-14,19-21H2,1H3,(H,35,37)(H,36,40)(H,38,39)/t22?,24-,25-,31?/m0/s1. The Kier molecular flexibility index (Phi) is 9.54. The quantitative estimate of drug-likeness (QED) is 0.280. The fraction of sp³-hybridized carbons (Fsp3) is 0.382. The number of benzene rings is 3. The molecule has 0 aromatic heterocycles. The average molecular weight is 571 g/mol. The van der Waals surface area contributed by atoms with Gasteiger partial charge in [0.25, 0.3) is 0 Å². The molecule has 8 heteroatoms. The predicted molar refractivity (Wildman–Crippen MR) is 159 cm³/mol. The van der Waals surface area contributed by atoms with Crippen LogP contribution in [0.25, 0.3) is 11.1 Å². The number of hydrogen-bond donors (Lipinski definition) is 3. The summed E-state index contributed by atoms with van der Waals surface area (Å²) in [6.07, 6.45) is 1.76. The number of carbonyl (C=O) groups is 3. The van der Waals surface area contributed by atoms with E-state index in [9.17, 15) is 19.5 Å². The topological polar surface area (TPSA) is 114 Å². The normalized spacial score (nSPS) is 19.2. The zero-order valence-electron chi connectivity index (χ0n) is 23.8. The zero-order chi connectivity index (χ0) is 29.5. The Hall–Kier alpha value is -4.17. The molecule has 3 N–H and O–H groups in total. The van der Waals surface area contributed by atoms with Crippen LogP contribution in [0.3, 0.4) is 0 Å². The van der Waals surface area contributed by atoms with Crippen molar-refractivity contribution in [3.05, 3.63) is 95.6 Å². The van der Waals surface area contributed by atoms with Crippen molar-refractivity contribution in [2.24, 2.45) is 11.8 Å². The lowest BCUT2D eigenvalue weighted by Gasteiger charge is -2.30. The average Bonchev–Trinajstić information content (AvgIpc) is 3.34. The van der Waals surface area contributed by atoms with Gasteiger partial charge >= 0.3 is 12.1 Å². The highest BCUT2D eigenvalue weighted by Gasteiger charge is 2.34. The molecule has 3 aromatic carbocycles. The van der Waals surface area contributed by atoms with E-state index in [1.807, 2.05) is 66.7 Å². The van der Waals surface area contributed by atoms with E-state index < -0.39 is 36.0 Å². The summed E-state index contributed by atoms with van der Waals surface area (Å²) in [6, 6.07) is 24.7. The summed E-state index contributed by atoms with van der Waals surface area (Å²) in [5.41, 5.74) is 5.40. The lowest BCUT2D eigenvalue weighted by atomic mass is 9.79. The fourth-order valence-electron chi connectivity index (χ4n) is 6.18. The van der Waals surface area contributed by atoms with E-state index in [0.717, 1.165) is 47.1 Å². The van der Waals surface area contributed by atoms with Crippen molar-refractivity contribution >= 4 is 18.0 Å². The van der Waals surface area contributed by atoms with Crippen LogP contribution in [-0.4, -0.2) is 48.4 Å². The van der Waals surface area contributed by atoms with Crippen LogP contribution in [0.15, 0.2) is 78.9 Å². The number of carbonyl (C=O) groups excluding carboxylic acids is 2. The van der Waals surface area contributed by atoms with Crippen molar-refractivity contribution < 1.29 is 29.0 Å². The molecule has 1 saturated carbocycles. The number of amides is 2. The number of nitrogens with one attached hydrogen (secondary N) is 2. The number of alkyl carbamates (subject to hydrolysis) is 1. The van der Waals surface area contributed by atoms with Crippen LogP contribution in [-0.2, 0) is 25.7 Å². The van der Waals surface area contributed by atoms with Gasteiger partial charge in [0.15, 0.2) is 0 Å². The summed E-state index contributed by atoms with van der Waals surface area (Å²) in [5.74, 6) is -2.02. The van der Waals surface area contributed by atoms with E-state index >= 15 is 0 Å². The third-order valence-electron chi connectivity index (χ3n) is 8.49. The van der Waals surface area contributed by atoms with E-state index in [4.69, 9.17) is 9.47 Å². The summed E-state index contributed by atoms with van der Waals surface area (Å²) in [5, 5.41) is 15.3. The lowest BCUT2D eigenvalue weighted by Crippen LogP contribution is -2.54. The van der Waals surface area contributed by atoms with Gasteiger partial charge in [0.1, 0.15) is 12.6 Å². The van der Waals surface area contributed by atoms with E-state index in [2.05, 4.69) is 22.8 Å². The lowest BCUT2D eigenvalue weighted by molar-refractivity contribution is -0.145. The van der Waals surface area contributed by atoms with Crippen molar-refractivity contribution in [1.29, 1.82) is 0 Å². The highest BCUT2D eigenvalue weighted by atomic mass is 16.5. The van der Waals surface area contributed by atoms with E-state index in [0.29, 0.717) is 6.42 Å². The Morgan fingerprint density at radius 1 is 0.881 bits per heavy atom. The van der Waals surface area contributed by atoms with Crippen molar-refractivity contribution in [1.82, 2.24) is 10.6 Å². The Balaban J connectivity index is 1.25. The molecule has 2 unspecified atom stereocenters. The summed E-state index contributed by atoms with van der Waals surface area (Å²) < 4.78 is 11.7. The van der Waals surface area contributed by atoms with Crippen molar-refractivity contribution in [3.63, 3.8) is 0 Å². The van der Waals surface area contributed by atoms with Gasteiger partial charge in [0, 0.05) is 12.5 Å². The minimum atomic E-state index is -1.03. The molecular weight excluding hydrogens is 532 g/mol. The molecule has 0 radical (unpaired) electrons. The number of rotatable bonds is 11. The minimum absolute atomic E-state index is 0.110. The molecular formula is C34H38N2O6. The highest BCUT2D eigenvalue weighted by Crippen LogP contribution is 2.44. The van der Waals surface area contributed by atoms with Crippen molar-refractivity contribution in [2.75, 3.05) is 13.2 Å². The molecule has 0 aliphatic heterocycles. The molecule has 0 saturated heterocycles. The first-order valence-corrected chi connectivity index (χ1v) is 14.7. The molecule has 0 heterocycles. The maximum absolute atomic E-state index is 13.4. The molecule has 1 fully saturated rings. The Morgan fingerprint density at radius 2 is 1.50 bits per heavy atom. The van der Waals surface area contributed by atoms with E-state index in [1.165, 1.54) is 0 Å². The Labute approximate surface area is 246 Å². The largest absolute Gasteiger partial charge is 0.481 e. The van der Waals surface area contributed by atoms with Gasteiger partial charge < -0.3 is 25.2 Å². The maximum atomic E-state index is 13.4. The summed E-state index contributed by atoms with van der Waals surface area (Å²) in [6.45, 7) is 2.35. The van der Waals surface area contributed by atoms with Crippen LogP contribution in [0.4, 0.5) is 4.79 Å². The third kappa shape index (κ3) is 6.82. The summed E-state index contributed by atoms with van der Waals surface area (Å²) in [7, 11) is 0. The molecule has 220 valence electrons. The fourth-order valence-corrected chi connectivity index (χ4v) is 6.18. The van der Waals surface area contributed by atoms with Crippen LogP contribution in [0, 0.1) is 11.8 Å². The number of carboxylic acid groups (broad SMARTS) is 1. The summed E-state index contributed by atoms with van der Waals surface area (Å²) >= 11 is 0. The molecule has 2 aliphatic rings.